The van der Waals surface area contributed by atoms with Crippen molar-refractivity contribution in [2.45, 2.75) is 39.7 Å². The van der Waals surface area contributed by atoms with Gasteiger partial charge in [-0.15, -0.1) is 0 Å². The molecule has 0 spiro atoms. The Labute approximate surface area is 107 Å². The molecule has 1 aliphatic rings. The lowest BCUT2D eigenvalue weighted by Gasteiger charge is -2.35. The minimum absolute atomic E-state index is 0.634. The van der Waals surface area contributed by atoms with Crippen molar-refractivity contribution in [3.63, 3.8) is 0 Å². The van der Waals surface area contributed by atoms with Gasteiger partial charge in [0.15, 0.2) is 0 Å². The molecule has 0 aromatic rings. The first kappa shape index (κ1) is 14.9. The van der Waals surface area contributed by atoms with Gasteiger partial charge in [-0.05, 0) is 25.9 Å². The van der Waals surface area contributed by atoms with Crippen LogP contribution in [0.4, 0.5) is 0 Å². The van der Waals surface area contributed by atoms with Gasteiger partial charge in [0.05, 0.1) is 6.61 Å². The lowest BCUT2D eigenvalue weighted by atomic mass is 9.95. The Morgan fingerprint density at radius 1 is 1.41 bits per heavy atom. The van der Waals surface area contributed by atoms with E-state index in [1.807, 2.05) is 0 Å². The van der Waals surface area contributed by atoms with Crippen molar-refractivity contribution in [2.75, 3.05) is 39.9 Å². The van der Waals surface area contributed by atoms with Gasteiger partial charge >= 0.3 is 0 Å². The summed E-state index contributed by atoms with van der Waals surface area (Å²) in [6, 6.07) is 0.634. The Hall–Kier alpha value is -0.120. The summed E-state index contributed by atoms with van der Waals surface area (Å²) in [4.78, 5) is 2.58. The Kier molecular flexibility index (Phi) is 7.09. The molecule has 3 nitrogen and oxygen atoms in total. The molecule has 1 aliphatic heterocycles. The number of hydrogen-bond donors (Lipinski definition) is 1. The molecular formula is C14H30N2O. The summed E-state index contributed by atoms with van der Waals surface area (Å²) in [5, 5.41) is 3.44. The van der Waals surface area contributed by atoms with Crippen LogP contribution in [-0.2, 0) is 4.74 Å². The van der Waals surface area contributed by atoms with Crippen LogP contribution in [0.15, 0.2) is 0 Å². The standard InChI is InChI=1S/C14H30N2O/c1-5-12(3)9-16(6-2)10-13-11-17-8-7-14(13)15-4/h12-15H,5-11H2,1-4H3. The SMILES string of the molecule is CCC(C)CN(CC)CC1COCCC1NC. The zero-order valence-corrected chi connectivity index (χ0v) is 12.0. The van der Waals surface area contributed by atoms with Crippen molar-refractivity contribution in [3.8, 4) is 0 Å². The summed E-state index contributed by atoms with van der Waals surface area (Å²) in [6.45, 7) is 12.3. The summed E-state index contributed by atoms with van der Waals surface area (Å²) in [6.07, 6.45) is 2.43. The summed E-state index contributed by atoms with van der Waals surface area (Å²) in [7, 11) is 2.08. The van der Waals surface area contributed by atoms with Crippen molar-refractivity contribution in [1.29, 1.82) is 0 Å². The average Bonchev–Trinajstić information content (AvgIpc) is 2.38. The fourth-order valence-electron chi connectivity index (χ4n) is 2.59. The van der Waals surface area contributed by atoms with Crippen LogP contribution in [0.25, 0.3) is 0 Å². The van der Waals surface area contributed by atoms with E-state index in [1.54, 1.807) is 0 Å². The first-order valence-electron chi connectivity index (χ1n) is 7.18. The van der Waals surface area contributed by atoms with E-state index in [4.69, 9.17) is 4.74 Å². The van der Waals surface area contributed by atoms with E-state index < -0.39 is 0 Å². The molecule has 0 aromatic carbocycles. The van der Waals surface area contributed by atoms with E-state index in [0.29, 0.717) is 12.0 Å². The maximum atomic E-state index is 5.62. The van der Waals surface area contributed by atoms with Crippen LogP contribution in [0.1, 0.15) is 33.6 Å². The third kappa shape index (κ3) is 4.94. The first-order chi connectivity index (χ1) is 8.21. The van der Waals surface area contributed by atoms with E-state index in [9.17, 15) is 0 Å². The number of hydrogen-bond acceptors (Lipinski definition) is 3. The third-order valence-electron chi connectivity index (χ3n) is 4.05. The van der Waals surface area contributed by atoms with Crippen LogP contribution < -0.4 is 5.32 Å². The molecule has 1 fully saturated rings. The van der Waals surface area contributed by atoms with Gasteiger partial charge < -0.3 is 15.0 Å². The Morgan fingerprint density at radius 2 is 2.18 bits per heavy atom. The Bertz CT molecular complexity index is 199. The lowest BCUT2D eigenvalue weighted by Crippen LogP contribution is -2.47. The van der Waals surface area contributed by atoms with Crippen molar-refractivity contribution in [3.05, 3.63) is 0 Å². The van der Waals surface area contributed by atoms with Gasteiger partial charge in [-0.3, -0.25) is 0 Å². The van der Waals surface area contributed by atoms with Gasteiger partial charge in [-0.2, -0.15) is 0 Å². The highest BCUT2D eigenvalue weighted by Gasteiger charge is 2.26. The lowest BCUT2D eigenvalue weighted by molar-refractivity contribution is 0.0173. The van der Waals surface area contributed by atoms with Crippen molar-refractivity contribution >= 4 is 0 Å². The summed E-state index contributed by atoms with van der Waals surface area (Å²) in [5.41, 5.74) is 0. The molecule has 1 N–H and O–H groups in total. The summed E-state index contributed by atoms with van der Waals surface area (Å²) < 4.78 is 5.62. The minimum Gasteiger partial charge on any atom is -0.381 e. The van der Waals surface area contributed by atoms with Crippen molar-refractivity contribution in [1.82, 2.24) is 10.2 Å². The molecule has 0 aliphatic carbocycles. The molecule has 3 atom stereocenters. The molecular weight excluding hydrogens is 212 g/mol. The molecule has 17 heavy (non-hydrogen) atoms. The monoisotopic (exact) mass is 242 g/mol. The van der Waals surface area contributed by atoms with E-state index >= 15 is 0 Å². The molecule has 102 valence electrons. The van der Waals surface area contributed by atoms with Crippen molar-refractivity contribution in [2.24, 2.45) is 11.8 Å². The number of rotatable bonds is 7. The van der Waals surface area contributed by atoms with Crippen LogP contribution >= 0.6 is 0 Å². The second kappa shape index (κ2) is 8.06. The van der Waals surface area contributed by atoms with Crippen molar-refractivity contribution < 1.29 is 4.74 Å². The second-order valence-electron chi connectivity index (χ2n) is 5.38. The molecule has 1 rings (SSSR count). The molecule has 0 amide bonds. The molecule has 3 unspecified atom stereocenters. The molecule has 0 radical (unpaired) electrons. The van der Waals surface area contributed by atoms with Crippen LogP contribution in [0.2, 0.25) is 0 Å². The van der Waals surface area contributed by atoms with E-state index in [2.05, 4.69) is 38.0 Å². The van der Waals surface area contributed by atoms with Gasteiger partial charge in [0, 0.05) is 31.7 Å². The Morgan fingerprint density at radius 3 is 2.76 bits per heavy atom. The maximum absolute atomic E-state index is 5.62. The van der Waals surface area contributed by atoms with E-state index in [0.717, 1.165) is 32.1 Å². The van der Waals surface area contributed by atoms with Crippen LogP contribution in [0, 0.1) is 11.8 Å². The average molecular weight is 242 g/mol. The molecule has 0 bridgehead atoms. The third-order valence-corrected chi connectivity index (χ3v) is 4.05. The molecule has 1 heterocycles. The summed E-state index contributed by atoms with van der Waals surface area (Å²) >= 11 is 0. The molecule has 0 aromatic heterocycles. The zero-order chi connectivity index (χ0) is 12.7. The number of nitrogens with zero attached hydrogens (tertiary/aromatic N) is 1. The molecule has 1 saturated heterocycles. The largest absolute Gasteiger partial charge is 0.381 e. The van der Waals surface area contributed by atoms with Crippen LogP contribution in [0.3, 0.4) is 0 Å². The second-order valence-corrected chi connectivity index (χ2v) is 5.38. The normalized spacial score (nSPS) is 27.4. The number of ether oxygens (including phenoxy) is 1. The van der Waals surface area contributed by atoms with Gasteiger partial charge in [-0.1, -0.05) is 27.2 Å². The van der Waals surface area contributed by atoms with Gasteiger partial charge in [0.1, 0.15) is 0 Å². The van der Waals surface area contributed by atoms with Gasteiger partial charge in [-0.25, -0.2) is 0 Å². The topological polar surface area (TPSA) is 24.5 Å². The molecule has 0 saturated carbocycles. The quantitative estimate of drug-likeness (QED) is 0.739. The zero-order valence-electron chi connectivity index (χ0n) is 12.0. The highest BCUT2D eigenvalue weighted by Crippen LogP contribution is 2.17. The highest BCUT2D eigenvalue weighted by atomic mass is 16.5. The fraction of sp³-hybridized carbons (Fsp3) is 1.00. The number of nitrogens with one attached hydrogen (secondary N) is 1. The van der Waals surface area contributed by atoms with Gasteiger partial charge in [0.2, 0.25) is 0 Å². The van der Waals surface area contributed by atoms with E-state index in [1.165, 1.54) is 19.5 Å². The maximum Gasteiger partial charge on any atom is 0.0521 e. The highest BCUT2D eigenvalue weighted by molar-refractivity contribution is 4.81. The Balaban J connectivity index is 2.42. The minimum atomic E-state index is 0.634. The molecule has 3 heteroatoms. The predicted molar refractivity (Wildman–Crippen MR) is 73.3 cm³/mol. The smallest absolute Gasteiger partial charge is 0.0521 e. The fourth-order valence-corrected chi connectivity index (χ4v) is 2.59. The van der Waals surface area contributed by atoms with Crippen LogP contribution in [-0.4, -0.2) is 50.8 Å². The summed E-state index contributed by atoms with van der Waals surface area (Å²) in [5.74, 6) is 1.45. The first-order valence-corrected chi connectivity index (χ1v) is 7.18. The predicted octanol–water partition coefficient (Wildman–Crippen LogP) is 1.98. The van der Waals surface area contributed by atoms with Gasteiger partial charge in [0.25, 0.3) is 0 Å². The van der Waals surface area contributed by atoms with Crippen LogP contribution in [0.5, 0.6) is 0 Å². The van der Waals surface area contributed by atoms with E-state index in [-0.39, 0.29) is 0 Å².